The number of nitrogens with one attached hydrogen (secondary N) is 1. The van der Waals surface area contributed by atoms with Crippen LogP contribution in [0.15, 0.2) is 11.6 Å². The normalized spacial score (nSPS) is 46.4. The summed E-state index contributed by atoms with van der Waals surface area (Å²) in [5.41, 5.74) is 2.71. The summed E-state index contributed by atoms with van der Waals surface area (Å²) in [7, 11) is 0. The fourth-order valence-corrected chi connectivity index (χ4v) is 3.12. The topological polar surface area (TPSA) is 23.9 Å². The summed E-state index contributed by atoms with van der Waals surface area (Å²) >= 11 is 0. The Kier molecular flexibility index (Phi) is 0.961. The quantitative estimate of drug-likeness (QED) is 0.509. The molecule has 0 aromatic rings. The second-order valence-electron chi connectivity index (χ2n) is 4.33. The second-order valence-corrected chi connectivity index (χ2v) is 4.33. The van der Waals surface area contributed by atoms with Crippen LogP contribution in [0.1, 0.15) is 25.7 Å². The van der Waals surface area contributed by atoms with Crippen LogP contribution >= 0.6 is 0 Å². The van der Waals surface area contributed by atoms with Gasteiger partial charge in [0.2, 0.25) is 0 Å². The Hall–Kier alpha value is -0.590. The number of hydrogen-bond donors (Lipinski definition) is 1. The molecule has 1 nitrogen and oxygen atoms in total. The van der Waals surface area contributed by atoms with E-state index in [-0.39, 0.29) is 0 Å². The molecule has 2 fully saturated rings. The molecule has 1 N–H and O–H groups in total. The molecule has 3 unspecified atom stereocenters. The summed E-state index contributed by atoms with van der Waals surface area (Å²) in [5, 5.41) is 7.87. The summed E-state index contributed by atoms with van der Waals surface area (Å²) in [6, 6.07) is 0. The molecule has 3 atom stereocenters. The highest BCUT2D eigenvalue weighted by Gasteiger charge is 2.40. The van der Waals surface area contributed by atoms with E-state index in [1.807, 2.05) is 0 Å². The number of hydrogen-bond acceptors (Lipinski definition) is 1. The van der Waals surface area contributed by atoms with Crippen LogP contribution < -0.4 is 0 Å². The lowest BCUT2D eigenvalue weighted by molar-refractivity contribution is 0.280. The van der Waals surface area contributed by atoms with Crippen molar-refractivity contribution < 1.29 is 0 Å². The van der Waals surface area contributed by atoms with E-state index < -0.39 is 0 Å². The number of rotatable bonds is 0. The summed E-state index contributed by atoms with van der Waals surface area (Å²) < 4.78 is 0. The fourth-order valence-electron chi connectivity index (χ4n) is 3.12. The third kappa shape index (κ3) is 0.688. The minimum atomic E-state index is 0.566. The first-order chi connectivity index (χ1) is 5.33. The summed E-state index contributed by atoms with van der Waals surface area (Å²) in [6.45, 7) is 0. The Morgan fingerprint density at radius 1 is 1.27 bits per heavy atom. The zero-order valence-electron chi connectivity index (χ0n) is 6.64. The van der Waals surface area contributed by atoms with Gasteiger partial charge >= 0.3 is 0 Å². The molecule has 0 amide bonds. The minimum absolute atomic E-state index is 0.566. The average Bonchev–Trinajstić information content (AvgIpc) is 1.98. The molecule has 1 heteroatoms. The monoisotopic (exact) mass is 147 g/mol. The Bertz CT molecular complexity index is 252. The molecule has 0 aromatic heterocycles. The van der Waals surface area contributed by atoms with Gasteiger partial charge in [-0.25, -0.2) is 0 Å². The smallest absolute Gasteiger partial charge is 0.0192 e. The lowest BCUT2D eigenvalue weighted by Crippen LogP contribution is -2.39. The van der Waals surface area contributed by atoms with E-state index in [2.05, 4.69) is 6.08 Å². The summed E-state index contributed by atoms with van der Waals surface area (Å²) in [6.07, 6.45) is 7.58. The average molecular weight is 147 g/mol. The summed E-state index contributed by atoms with van der Waals surface area (Å²) in [5.74, 6) is 2.18. The third-order valence-electron chi connectivity index (χ3n) is 3.54. The molecule has 0 saturated heterocycles. The van der Waals surface area contributed by atoms with Gasteiger partial charge in [-0.05, 0) is 31.6 Å². The molecular formula is C10H13N. The van der Waals surface area contributed by atoms with Crippen molar-refractivity contribution in [3.8, 4) is 0 Å². The first-order valence-electron chi connectivity index (χ1n) is 4.61. The standard InChI is InChI=1S/C10H13N/c11-10-8-2-6-1-7(4-8)5-9(10)3-6/h2,7-9,11H,1,3-5H2. The van der Waals surface area contributed by atoms with Crippen LogP contribution in [-0.4, -0.2) is 5.71 Å². The van der Waals surface area contributed by atoms with Gasteiger partial charge in [-0.2, -0.15) is 0 Å². The van der Waals surface area contributed by atoms with Gasteiger partial charge in [0.05, 0.1) is 0 Å². The van der Waals surface area contributed by atoms with E-state index in [4.69, 9.17) is 5.41 Å². The summed E-state index contributed by atoms with van der Waals surface area (Å²) in [4.78, 5) is 0. The van der Waals surface area contributed by atoms with Crippen LogP contribution in [-0.2, 0) is 0 Å². The zero-order chi connectivity index (χ0) is 7.42. The van der Waals surface area contributed by atoms with E-state index >= 15 is 0 Å². The molecule has 11 heavy (non-hydrogen) atoms. The molecule has 58 valence electrons. The lowest BCUT2D eigenvalue weighted by atomic mass is 9.60. The van der Waals surface area contributed by atoms with Crippen LogP contribution in [0.4, 0.5) is 0 Å². The maximum atomic E-state index is 7.87. The van der Waals surface area contributed by atoms with Crippen molar-refractivity contribution in [1.29, 1.82) is 5.41 Å². The predicted octanol–water partition coefficient (Wildman–Crippen LogP) is 2.38. The van der Waals surface area contributed by atoms with E-state index in [1.165, 1.54) is 25.7 Å². The zero-order valence-corrected chi connectivity index (χ0v) is 6.64. The molecule has 2 saturated carbocycles. The molecular weight excluding hydrogens is 134 g/mol. The van der Waals surface area contributed by atoms with E-state index in [9.17, 15) is 0 Å². The predicted molar refractivity (Wildman–Crippen MR) is 44.7 cm³/mol. The van der Waals surface area contributed by atoms with Crippen LogP contribution in [0, 0.1) is 23.2 Å². The largest absolute Gasteiger partial charge is 0.309 e. The van der Waals surface area contributed by atoms with Gasteiger partial charge in [0.1, 0.15) is 0 Å². The first-order valence-corrected chi connectivity index (χ1v) is 4.61. The highest BCUT2D eigenvalue weighted by atomic mass is 14.6. The Morgan fingerprint density at radius 3 is 2.91 bits per heavy atom. The van der Waals surface area contributed by atoms with Crippen LogP contribution in [0.2, 0.25) is 0 Å². The van der Waals surface area contributed by atoms with Crippen molar-refractivity contribution in [1.82, 2.24) is 0 Å². The van der Waals surface area contributed by atoms with E-state index in [1.54, 1.807) is 5.57 Å². The molecule has 0 aromatic carbocycles. The SMILES string of the molecule is N=C1C2C=C3CC(C2)CC1C3. The van der Waals surface area contributed by atoms with Gasteiger partial charge in [0.15, 0.2) is 0 Å². The highest BCUT2D eigenvalue weighted by molar-refractivity contribution is 5.90. The van der Waals surface area contributed by atoms with Gasteiger partial charge in [0.25, 0.3) is 0 Å². The molecule has 0 aliphatic heterocycles. The second kappa shape index (κ2) is 1.77. The molecule has 4 bridgehead atoms. The van der Waals surface area contributed by atoms with Crippen LogP contribution in [0.5, 0.6) is 0 Å². The van der Waals surface area contributed by atoms with Gasteiger partial charge in [-0.3, -0.25) is 0 Å². The van der Waals surface area contributed by atoms with Gasteiger partial charge in [-0.1, -0.05) is 11.6 Å². The molecule has 4 rings (SSSR count). The van der Waals surface area contributed by atoms with Gasteiger partial charge < -0.3 is 5.41 Å². The van der Waals surface area contributed by atoms with Gasteiger partial charge in [0, 0.05) is 17.5 Å². The minimum Gasteiger partial charge on any atom is -0.309 e. The van der Waals surface area contributed by atoms with Crippen LogP contribution in [0.25, 0.3) is 0 Å². The molecule has 4 aliphatic carbocycles. The van der Waals surface area contributed by atoms with E-state index in [0.717, 1.165) is 11.6 Å². The Labute approximate surface area is 67.0 Å². The van der Waals surface area contributed by atoms with Crippen LogP contribution in [0.3, 0.4) is 0 Å². The molecule has 0 radical (unpaired) electrons. The van der Waals surface area contributed by atoms with E-state index in [0.29, 0.717) is 11.8 Å². The third-order valence-corrected chi connectivity index (χ3v) is 3.54. The Balaban J connectivity index is 2.10. The van der Waals surface area contributed by atoms with Crippen molar-refractivity contribution in [2.75, 3.05) is 0 Å². The van der Waals surface area contributed by atoms with Crippen molar-refractivity contribution in [3.63, 3.8) is 0 Å². The maximum Gasteiger partial charge on any atom is 0.0192 e. The molecule has 0 spiro atoms. The fraction of sp³-hybridized carbons (Fsp3) is 0.700. The van der Waals surface area contributed by atoms with Crippen molar-refractivity contribution >= 4 is 5.71 Å². The van der Waals surface area contributed by atoms with Crippen molar-refractivity contribution in [3.05, 3.63) is 11.6 Å². The van der Waals surface area contributed by atoms with Crippen molar-refractivity contribution in [2.24, 2.45) is 17.8 Å². The first kappa shape index (κ1) is 5.99. The molecule has 4 aliphatic rings. The van der Waals surface area contributed by atoms with Crippen molar-refractivity contribution in [2.45, 2.75) is 25.7 Å². The lowest BCUT2D eigenvalue weighted by Gasteiger charge is -2.44. The Morgan fingerprint density at radius 2 is 2.18 bits per heavy atom. The number of allylic oxidation sites excluding steroid dienone is 2. The molecule has 0 heterocycles. The van der Waals surface area contributed by atoms with Gasteiger partial charge in [-0.15, -0.1) is 0 Å². The highest BCUT2D eigenvalue weighted by Crippen LogP contribution is 2.48. The maximum absolute atomic E-state index is 7.87.